The van der Waals surface area contributed by atoms with E-state index in [0.29, 0.717) is 29.5 Å². The summed E-state index contributed by atoms with van der Waals surface area (Å²) in [5, 5.41) is 0. The number of piperazine rings is 1. The van der Waals surface area contributed by atoms with Crippen LogP contribution in [0, 0.1) is 13.8 Å². The van der Waals surface area contributed by atoms with E-state index in [9.17, 15) is 13.2 Å². The molecule has 0 radical (unpaired) electrons. The van der Waals surface area contributed by atoms with Gasteiger partial charge >= 0.3 is 0 Å². The molecule has 8 heteroatoms. The SMILES string of the molecule is COc1ccccc1OCCC(=O)N1CCN(S(=O)(=O)c2cc(C)ccc2C)CC1. The largest absolute Gasteiger partial charge is 0.493 e. The smallest absolute Gasteiger partial charge is 0.243 e. The zero-order chi connectivity index (χ0) is 21.7. The number of sulfonamides is 1. The van der Waals surface area contributed by atoms with Crippen LogP contribution in [0.5, 0.6) is 11.5 Å². The highest BCUT2D eigenvalue weighted by molar-refractivity contribution is 7.89. The van der Waals surface area contributed by atoms with Gasteiger partial charge in [0.05, 0.1) is 25.0 Å². The second-order valence-corrected chi connectivity index (χ2v) is 9.21. The van der Waals surface area contributed by atoms with Crippen LogP contribution in [0.4, 0.5) is 0 Å². The van der Waals surface area contributed by atoms with Crippen molar-refractivity contribution in [3.05, 3.63) is 53.6 Å². The molecule has 3 rings (SSSR count). The van der Waals surface area contributed by atoms with E-state index in [4.69, 9.17) is 9.47 Å². The van der Waals surface area contributed by atoms with Crippen molar-refractivity contribution in [3.8, 4) is 11.5 Å². The van der Waals surface area contributed by atoms with Gasteiger partial charge in [0.25, 0.3) is 0 Å². The van der Waals surface area contributed by atoms with Crippen LogP contribution in [-0.2, 0) is 14.8 Å². The highest BCUT2D eigenvalue weighted by atomic mass is 32.2. The van der Waals surface area contributed by atoms with Gasteiger partial charge in [-0.15, -0.1) is 0 Å². The molecule has 30 heavy (non-hydrogen) atoms. The van der Waals surface area contributed by atoms with E-state index in [-0.39, 0.29) is 32.0 Å². The number of nitrogens with zero attached hydrogens (tertiary/aromatic N) is 2. The number of ether oxygens (including phenoxy) is 2. The molecule has 0 N–H and O–H groups in total. The van der Waals surface area contributed by atoms with Crippen LogP contribution >= 0.6 is 0 Å². The third-order valence-electron chi connectivity index (χ3n) is 5.20. The molecule has 0 spiro atoms. The molecule has 2 aromatic carbocycles. The fourth-order valence-electron chi connectivity index (χ4n) is 3.45. The van der Waals surface area contributed by atoms with Gasteiger partial charge in [-0.05, 0) is 43.2 Å². The van der Waals surface area contributed by atoms with Gasteiger partial charge in [-0.1, -0.05) is 24.3 Å². The summed E-state index contributed by atoms with van der Waals surface area (Å²) in [6.07, 6.45) is 0.224. The predicted molar refractivity (Wildman–Crippen MR) is 114 cm³/mol. The van der Waals surface area contributed by atoms with E-state index in [1.54, 1.807) is 37.1 Å². The molecule has 0 unspecified atom stereocenters. The maximum Gasteiger partial charge on any atom is 0.243 e. The van der Waals surface area contributed by atoms with Crippen LogP contribution in [0.25, 0.3) is 0 Å². The van der Waals surface area contributed by atoms with Crippen molar-refractivity contribution < 1.29 is 22.7 Å². The molecule has 1 aliphatic rings. The van der Waals surface area contributed by atoms with E-state index in [2.05, 4.69) is 0 Å². The van der Waals surface area contributed by atoms with Gasteiger partial charge in [-0.25, -0.2) is 8.42 Å². The van der Waals surface area contributed by atoms with E-state index in [1.165, 1.54) is 4.31 Å². The number of rotatable bonds is 7. The van der Waals surface area contributed by atoms with Crippen molar-refractivity contribution >= 4 is 15.9 Å². The van der Waals surface area contributed by atoms with Crippen molar-refractivity contribution in [2.75, 3.05) is 39.9 Å². The zero-order valence-corrected chi connectivity index (χ0v) is 18.4. The van der Waals surface area contributed by atoms with Gasteiger partial charge < -0.3 is 14.4 Å². The molecule has 1 amide bonds. The normalized spacial score (nSPS) is 15.1. The van der Waals surface area contributed by atoms with Crippen LogP contribution in [-0.4, -0.2) is 63.4 Å². The van der Waals surface area contributed by atoms with Gasteiger partial charge in [0, 0.05) is 26.2 Å². The fourth-order valence-corrected chi connectivity index (χ4v) is 5.18. The molecule has 0 bridgehead atoms. The predicted octanol–water partition coefficient (Wildman–Crippen LogP) is 2.61. The first-order valence-corrected chi connectivity index (χ1v) is 11.4. The minimum absolute atomic E-state index is 0.0475. The summed E-state index contributed by atoms with van der Waals surface area (Å²) >= 11 is 0. The highest BCUT2D eigenvalue weighted by Gasteiger charge is 2.31. The third-order valence-corrected chi connectivity index (χ3v) is 7.24. The van der Waals surface area contributed by atoms with Crippen molar-refractivity contribution in [2.45, 2.75) is 25.2 Å². The first kappa shape index (κ1) is 22.1. The summed E-state index contributed by atoms with van der Waals surface area (Å²) in [5.74, 6) is 1.17. The molecule has 0 saturated carbocycles. The van der Waals surface area contributed by atoms with Gasteiger partial charge in [-0.3, -0.25) is 4.79 Å². The van der Waals surface area contributed by atoms with Crippen LogP contribution < -0.4 is 9.47 Å². The minimum Gasteiger partial charge on any atom is -0.493 e. The summed E-state index contributed by atoms with van der Waals surface area (Å²) in [7, 11) is -2.00. The van der Waals surface area contributed by atoms with Gasteiger partial charge in [-0.2, -0.15) is 4.31 Å². The summed E-state index contributed by atoms with van der Waals surface area (Å²) in [6.45, 7) is 5.23. The lowest BCUT2D eigenvalue weighted by Crippen LogP contribution is -2.50. The van der Waals surface area contributed by atoms with Crippen molar-refractivity contribution in [1.82, 2.24) is 9.21 Å². The lowest BCUT2D eigenvalue weighted by atomic mass is 10.2. The van der Waals surface area contributed by atoms with Crippen molar-refractivity contribution in [3.63, 3.8) is 0 Å². The van der Waals surface area contributed by atoms with E-state index in [1.807, 2.05) is 31.2 Å². The van der Waals surface area contributed by atoms with Crippen molar-refractivity contribution in [2.24, 2.45) is 0 Å². The Morgan fingerprint density at radius 3 is 2.33 bits per heavy atom. The van der Waals surface area contributed by atoms with Crippen molar-refractivity contribution in [1.29, 1.82) is 0 Å². The Kier molecular flexibility index (Phi) is 6.99. The Morgan fingerprint density at radius 2 is 1.67 bits per heavy atom. The van der Waals surface area contributed by atoms with Crippen LogP contribution in [0.3, 0.4) is 0 Å². The fraction of sp³-hybridized carbons (Fsp3) is 0.409. The summed E-state index contributed by atoms with van der Waals surface area (Å²) in [6, 6.07) is 12.7. The molecular formula is C22H28N2O5S. The Bertz CT molecular complexity index is 998. The average Bonchev–Trinajstić information content (AvgIpc) is 2.75. The second-order valence-electron chi connectivity index (χ2n) is 7.30. The zero-order valence-electron chi connectivity index (χ0n) is 17.6. The van der Waals surface area contributed by atoms with Gasteiger partial charge in [0.1, 0.15) is 0 Å². The topological polar surface area (TPSA) is 76.2 Å². The summed E-state index contributed by atoms with van der Waals surface area (Å²) in [5.41, 5.74) is 1.63. The summed E-state index contributed by atoms with van der Waals surface area (Å²) in [4.78, 5) is 14.6. The number of amides is 1. The Hall–Kier alpha value is -2.58. The van der Waals surface area contributed by atoms with Crippen LogP contribution in [0.15, 0.2) is 47.4 Å². The lowest BCUT2D eigenvalue weighted by Gasteiger charge is -2.34. The molecule has 7 nitrogen and oxygen atoms in total. The summed E-state index contributed by atoms with van der Waals surface area (Å²) < 4.78 is 38.4. The number of para-hydroxylation sites is 2. The van der Waals surface area contributed by atoms with E-state index in [0.717, 1.165) is 11.1 Å². The number of carbonyl (C=O) groups excluding carboxylic acids is 1. The van der Waals surface area contributed by atoms with E-state index < -0.39 is 10.0 Å². The highest BCUT2D eigenvalue weighted by Crippen LogP contribution is 2.26. The number of aryl methyl sites for hydroxylation is 2. The molecule has 1 aliphatic heterocycles. The molecule has 1 heterocycles. The Morgan fingerprint density at radius 1 is 1.00 bits per heavy atom. The van der Waals surface area contributed by atoms with Gasteiger partial charge in [0.15, 0.2) is 11.5 Å². The molecule has 0 atom stereocenters. The number of hydrogen-bond donors (Lipinski definition) is 0. The second kappa shape index (κ2) is 9.49. The first-order valence-electron chi connectivity index (χ1n) is 9.94. The van der Waals surface area contributed by atoms with Crippen LogP contribution in [0.2, 0.25) is 0 Å². The number of carbonyl (C=O) groups is 1. The molecule has 0 aromatic heterocycles. The molecular weight excluding hydrogens is 404 g/mol. The molecule has 1 saturated heterocycles. The maximum atomic E-state index is 13.0. The monoisotopic (exact) mass is 432 g/mol. The van der Waals surface area contributed by atoms with E-state index >= 15 is 0 Å². The third kappa shape index (κ3) is 4.94. The lowest BCUT2D eigenvalue weighted by molar-refractivity contribution is -0.132. The standard InChI is InChI=1S/C22H28N2O5S/c1-17-8-9-18(2)21(16-17)30(26,27)24-13-11-23(12-14-24)22(25)10-15-29-20-7-5-4-6-19(20)28-3/h4-9,16H,10-15H2,1-3H3. The number of hydrogen-bond acceptors (Lipinski definition) is 5. The maximum absolute atomic E-state index is 13.0. The minimum atomic E-state index is -3.57. The number of benzene rings is 2. The Labute approximate surface area is 178 Å². The molecule has 2 aromatic rings. The van der Waals surface area contributed by atoms with Crippen LogP contribution in [0.1, 0.15) is 17.5 Å². The Balaban J connectivity index is 1.53. The quantitative estimate of drug-likeness (QED) is 0.672. The molecule has 1 fully saturated rings. The molecule has 0 aliphatic carbocycles. The molecule has 162 valence electrons. The number of methoxy groups -OCH3 is 1. The van der Waals surface area contributed by atoms with Gasteiger partial charge in [0.2, 0.25) is 15.9 Å². The average molecular weight is 433 g/mol. The first-order chi connectivity index (χ1) is 14.3.